The number of methoxy groups -OCH3 is 4. The van der Waals surface area contributed by atoms with Crippen molar-refractivity contribution in [1.29, 1.82) is 0 Å². The molecule has 8 bridgehead atoms. The molecule has 324 valence electrons. The van der Waals surface area contributed by atoms with Gasteiger partial charge in [-0.15, -0.1) is 0 Å². The molecular formula is C48H58N4O9. The highest BCUT2D eigenvalue weighted by Crippen LogP contribution is 2.52. The van der Waals surface area contributed by atoms with Crippen LogP contribution >= 0.6 is 0 Å². The quantitative estimate of drug-likeness (QED) is 0.0852. The van der Waals surface area contributed by atoms with Crippen molar-refractivity contribution >= 4 is 62.7 Å². The first kappa shape index (κ1) is 44.7. The van der Waals surface area contributed by atoms with E-state index in [0.29, 0.717) is 47.6 Å². The third-order valence-corrected chi connectivity index (χ3v) is 12.5. The Morgan fingerprint density at radius 3 is 2.07 bits per heavy atom. The predicted octanol–water partition coefficient (Wildman–Crippen LogP) is 8.82. The molecule has 6 rings (SSSR count). The zero-order valence-electron chi connectivity index (χ0n) is 37.1. The lowest BCUT2D eigenvalue weighted by molar-refractivity contribution is -0.149. The Kier molecular flexibility index (Phi) is 13.8. The van der Waals surface area contributed by atoms with Crippen LogP contribution in [0.2, 0.25) is 0 Å². The molecule has 5 heterocycles. The van der Waals surface area contributed by atoms with Crippen molar-refractivity contribution in [3.05, 3.63) is 87.0 Å². The Morgan fingerprint density at radius 1 is 0.738 bits per heavy atom. The van der Waals surface area contributed by atoms with Gasteiger partial charge in [-0.25, -0.2) is 9.78 Å². The number of hydrogen-bond acceptors (Lipinski definition) is 11. The summed E-state index contributed by atoms with van der Waals surface area (Å²) in [6.07, 6.45) is 8.54. The fourth-order valence-electron chi connectivity index (χ4n) is 8.91. The van der Waals surface area contributed by atoms with Crippen molar-refractivity contribution in [2.45, 2.75) is 104 Å². The molecule has 3 aliphatic rings. The van der Waals surface area contributed by atoms with E-state index in [1.54, 1.807) is 6.08 Å². The van der Waals surface area contributed by atoms with Crippen molar-refractivity contribution < 1.29 is 42.9 Å². The molecule has 3 aromatic heterocycles. The zero-order chi connectivity index (χ0) is 44.2. The highest BCUT2D eigenvalue weighted by Gasteiger charge is 2.53. The second-order valence-corrected chi connectivity index (χ2v) is 16.1. The third kappa shape index (κ3) is 8.70. The summed E-state index contributed by atoms with van der Waals surface area (Å²) in [6.45, 7) is 12.8. The molecule has 0 aromatic carbocycles. The molecule has 0 saturated heterocycles. The highest BCUT2D eigenvalue weighted by atomic mass is 16.5. The van der Waals surface area contributed by atoms with Gasteiger partial charge in [-0.2, -0.15) is 0 Å². The molecule has 0 saturated carbocycles. The summed E-state index contributed by atoms with van der Waals surface area (Å²) in [5, 5.41) is 0. The minimum Gasteiger partial charge on any atom is -0.469 e. The lowest BCUT2D eigenvalue weighted by Gasteiger charge is -2.36. The van der Waals surface area contributed by atoms with Gasteiger partial charge in [0.15, 0.2) is 0 Å². The van der Waals surface area contributed by atoms with Gasteiger partial charge in [0.2, 0.25) is 0 Å². The van der Waals surface area contributed by atoms with Crippen molar-refractivity contribution in [2.24, 2.45) is 5.92 Å². The first-order valence-corrected chi connectivity index (χ1v) is 21.0. The number of unbranched alkanes of at least 4 members (excludes halogenated alkanes) is 3. The molecule has 0 radical (unpaired) electrons. The molecule has 0 amide bonds. The number of carbonyl (C=O) groups excluding carboxylic acids is 4. The van der Waals surface area contributed by atoms with E-state index in [1.165, 1.54) is 28.4 Å². The molecule has 3 aromatic rings. The minimum atomic E-state index is -1.17. The number of aryl methyl sites for hydroxylation is 3. The zero-order valence-corrected chi connectivity index (χ0v) is 37.1. The van der Waals surface area contributed by atoms with Crippen molar-refractivity contribution in [3.8, 4) is 0 Å². The number of hydrogen-bond donors (Lipinski definition) is 2. The molecular weight excluding hydrogens is 777 g/mol. The fraction of sp³-hybridized carbons (Fsp3) is 0.458. The monoisotopic (exact) mass is 834 g/mol. The summed E-state index contributed by atoms with van der Waals surface area (Å²) in [5.74, 6) is -3.03. The first-order valence-electron chi connectivity index (χ1n) is 21.0. The number of nitrogens with one attached hydrogen (secondary N) is 2. The van der Waals surface area contributed by atoms with Gasteiger partial charge in [0, 0.05) is 47.1 Å². The van der Waals surface area contributed by atoms with E-state index in [9.17, 15) is 19.2 Å². The minimum absolute atomic E-state index is 0.128. The molecule has 0 spiro atoms. The van der Waals surface area contributed by atoms with Gasteiger partial charge in [0.25, 0.3) is 0 Å². The molecule has 0 fully saturated rings. The number of H-pyrrole nitrogens is 2. The van der Waals surface area contributed by atoms with Crippen LogP contribution in [-0.2, 0) is 54.7 Å². The number of esters is 4. The van der Waals surface area contributed by atoms with Gasteiger partial charge in [-0.1, -0.05) is 38.3 Å². The van der Waals surface area contributed by atoms with Crippen LogP contribution in [0.4, 0.5) is 0 Å². The third-order valence-electron chi connectivity index (χ3n) is 12.5. The summed E-state index contributed by atoms with van der Waals surface area (Å²) in [4.78, 5) is 70.0. The maximum atomic E-state index is 13.9. The number of allylic oxidation sites excluding steroid dienone is 5. The number of ether oxygens (including phenoxy) is 5. The van der Waals surface area contributed by atoms with Crippen LogP contribution in [0.15, 0.2) is 42.0 Å². The van der Waals surface area contributed by atoms with Crippen molar-refractivity contribution in [2.75, 3.05) is 35.0 Å². The lowest BCUT2D eigenvalue weighted by Crippen LogP contribution is -2.42. The van der Waals surface area contributed by atoms with Gasteiger partial charge in [0.1, 0.15) is 5.92 Å². The molecule has 1 aliphatic carbocycles. The summed E-state index contributed by atoms with van der Waals surface area (Å²) >= 11 is 0. The standard InChI is InChI=1S/C48H58N4O9/c1-11-12-13-14-21-61-29(5)44-28(4)35-22-39-33-18-15-32(46(55)59-9)45(47(56)60-10)48(33,6)41(52-39)25-36-27(3)31(17-20-43(54)58-8)38(50-36)24-37-30(16-19-42(53)57-7)26(2)34(49-37)23-40(44)51-35/h15,18,22-25,29,45,50-51H,11-14,16-17,19-21H2,1-10H3/t29?,45-,48-/m1/s1. The van der Waals surface area contributed by atoms with Crippen LogP contribution < -0.4 is 0 Å². The van der Waals surface area contributed by atoms with Crippen molar-refractivity contribution in [3.63, 3.8) is 0 Å². The normalized spacial score (nSPS) is 17.6. The molecule has 13 nitrogen and oxygen atoms in total. The SMILES string of the molecule is CCCCCCOC(C)c1c(C)c2cc3nc(cc4[nH]c(cc5nc(cc1[nH]2)C(C)=C5CCC(=O)OC)c(CCC(=O)OC)c4C)[C@@]1(C)C3=CC=C(C(=O)OC)[C@@H]1C(=O)OC. The van der Waals surface area contributed by atoms with Crippen LogP contribution in [0.3, 0.4) is 0 Å². The van der Waals surface area contributed by atoms with Gasteiger partial charge >= 0.3 is 23.9 Å². The van der Waals surface area contributed by atoms with E-state index in [0.717, 1.165) is 81.4 Å². The van der Waals surface area contributed by atoms with E-state index in [2.05, 4.69) is 30.7 Å². The highest BCUT2D eigenvalue weighted by molar-refractivity contribution is 6.02. The first-order chi connectivity index (χ1) is 29.2. The maximum absolute atomic E-state index is 13.9. The van der Waals surface area contributed by atoms with Crippen LogP contribution in [-0.4, -0.2) is 78.9 Å². The molecule has 2 N–H and O–H groups in total. The molecule has 13 heteroatoms. The smallest absolute Gasteiger partial charge is 0.334 e. The Bertz CT molecular complexity index is 2500. The average Bonchev–Trinajstić information content (AvgIpc) is 3.91. The number of aromatic amines is 2. The van der Waals surface area contributed by atoms with Gasteiger partial charge in [-0.3, -0.25) is 19.4 Å². The van der Waals surface area contributed by atoms with Crippen LogP contribution in [0, 0.1) is 19.8 Å². The number of rotatable bonds is 15. The van der Waals surface area contributed by atoms with Crippen LogP contribution in [0.25, 0.3) is 38.8 Å². The molecule has 1 unspecified atom stereocenters. The molecule has 2 aliphatic heterocycles. The van der Waals surface area contributed by atoms with Crippen molar-refractivity contribution in [1.82, 2.24) is 19.9 Å². The van der Waals surface area contributed by atoms with E-state index in [1.807, 2.05) is 51.1 Å². The maximum Gasteiger partial charge on any atom is 0.334 e. The Morgan fingerprint density at radius 2 is 1.39 bits per heavy atom. The topological polar surface area (TPSA) is 172 Å². The second-order valence-electron chi connectivity index (χ2n) is 16.1. The summed E-state index contributed by atoms with van der Waals surface area (Å²) < 4.78 is 27.1. The molecule has 3 atom stereocenters. The largest absolute Gasteiger partial charge is 0.469 e. The van der Waals surface area contributed by atoms with Crippen LogP contribution in [0.1, 0.15) is 124 Å². The van der Waals surface area contributed by atoms with Gasteiger partial charge in [-0.05, 0) is 112 Å². The number of carbonyl (C=O) groups is 4. The average molecular weight is 835 g/mol. The van der Waals surface area contributed by atoms with Gasteiger partial charge in [0.05, 0.1) is 68.3 Å². The predicted molar refractivity (Wildman–Crippen MR) is 234 cm³/mol. The van der Waals surface area contributed by atoms with E-state index < -0.39 is 23.3 Å². The van der Waals surface area contributed by atoms with E-state index in [-0.39, 0.29) is 36.5 Å². The number of aromatic nitrogens is 4. The molecule has 61 heavy (non-hydrogen) atoms. The van der Waals surface area contributed by atoms with Crippen LogP contribution in [0.5, 0.6) is 0 Å². The number of fused-ring (bicyclic) bond motifs is 11. The Hall–Kier alpha value is -5.82. The Labute approximate surface area is 357 Å². The summed E-state index contributed by atoms with van der Waals surface area (Å²) in [5.41, 5.74) is 10.7. The summed E-state index contributed by atoms with van der Waals surface area (Å²) in [7, 11) is 5.33. The van der Waals surface area contributed by atoms with E-state index in [4.69, 9.17) is 33.7 Å². The number of nitrogens with zero attached hydrogens (tertiary/aromatic N) is 2. The van der Waals surface area contributed by atoms with E-state index >= 15 is 0 Å². The van der Waals surface area contributed by atoms with Gasteiger partial charge < -0.3 is 33.7 Å². The lowest BCUT2D eigenvalue weighted by atomic mass is 9.64. The fourth-order valence-corrected chi connectivity index (χ4v) is 8.91. The Balaban J connectivity index is 1.73. The second kappa shape index (κ2) is 18.8. The summed E-state index contributed by atoms with van der Waals surface area (Å²) in [6, 6.07) is 7.87.